The molecule has 1 aliphatic rings. The van der Waals surface area contributed by atoms with Gasteiger partial charge in [0.25, 0.3) is 0 Å². The summed E-state index contributed by atoms with van der Waals surface area (Å²) >= 11 is 0. The second-order valence-electron chi connectivity index (χ2n) is 6.93. The maximum absolute atomic E-state index is 3.84. The third-order valence-electron chi connectivity index (χ3n) is 4.85. The van der Waals surface area contributed by atoms with Crippen molar-refractivity contribution in [2.45, 2.75) is 97.7 Å². The Kier molecular flexibility index (Phi) is 8.79. The summed E-state index contributed by atoms with van der Waals surface area (Å²) in [6, 6.07) is 2.15. The lowest BCUT2D eigenvalue weighted by atomic mass is 9.79. The molecule has 0 saturated heterocycles. The molecular formula is C18H38N2. The Bertz CT molecular complexity index is 240. The summed E-state index contributed by atoms with van der Waals surface area (Å²) in [5.74, 6) is 0.961. The first-order valence-corrected chi connectivity index (χ1v) is 9.13. The molecule has 1 aliphatic carbocycles. The molecule has 1 N–H and O–H groups in total. The summed E-state index contributed by atoms with van der Waals surface area (Å²) in [5, 5.41) is 3.84. The van der Waals surface area contributed by atoms with E-state index < -0.39 is 0 Å². The van der Waals surface area contributed by atoms with Crippen molar-refractivity contribution in [2.75, 3.05) is 13.1 Å². The maximum atomic E-state index is 3.84. The van der Waals surface area contributed by atoms with Crippen molar-refractivity contribution in [1.82, 2.24) is 10.2 Å². The van der Waals surface area contributed by atoms with Crippen LogP contribution in [0.25, 0.3) is 0 Å². The van der Waals surface area contributed by atoms with E-state index in [0.29, 0.717) is 6.04 Å². The van der Waals surface area contributed by atoms with Crippen LogP contribution in [-0.4, -0.2) is 36.1 Å². The fraction of sp³-hybridized carbons (Fsp3) is 1.00. The standard InChI is InChI=1S/C18H38N2/c1-6-9-16-10-11-17(19-12-7-2)18(14-16)20(13-8-3)15(4)5/h15-19H,6-14H2,1-5H3. The minimum atomic E-state index is 0.672. The Labute approximate surface area is 127 Å². The lowest BCUT2D eigenvalue weighted by Gasteiger charge is -2.45. The Balaban J connectivity index is 2.72. The van der Waals surface area contributed by atoms with Crippen LogP contribution < -0.4 is 5.32 Å². The van der Waals surface area contributed by atoms with E-state index in [-0.39, 0.29) is 0 Å². The number of nitrogens with one attached hydrogen (secondary N) is 1. The van der Waals surface area contributed by atoms with Crippen LogP contribution in [0, 0.1) is 5.92 Å². The van der Waals surface area contributed by atoms with Crippen LogP contribution in [0.3, 0.4) is 0 Å². The quantitative estimate of drug-likeness (QED) is 0.672. The van der Waals surface area contributed by atoms with Gasteiger partial charge in [0.2, 0.25) is 0 Å². The van der Waals surface area contributed by atoms with E-state index in [1.807, 2.05) is 0 Å². The molecule has 1 saturated carbocycles. The molecule has 0 radical (unpaired) electrons. The van der Waals surface area contributed by atoms with Gasteiger partial charge >= 0.3 is 0 Å². The molecule has 0 amide bonds. The van der Waals surface area contributed by atoms with Gasteiger partial charge in [0.15, 0.2) is 0 Å². The zero-order valence-electron chi connectivity index (χ0n) is 14.6. The normalized spacial score (nSPS) is 27.4. The van der Waals surface area contributed by atoms with E-state index >= 15 is 0 Å². The lowest BCUT2D eigenvalue weighted by molar-refractivity contribution is 0.0691. The van der Waals surface area contributed by atoms with Crippen molar-refractivity contribution in [3.63, 3.8) is 0 Å². The molecule has 2 nitrogen and oxygen atoms in total. The van der Waals surface area contributed by atoms with Crippen molar-refractivity contribution in [1.29, 1.82) is 0 Å². The van der Waals surface area contributed by atoms with Gasteiger partial charge < -0.3 is 5.32 Å². The van der Waals surface area contributed by atoms with E-state index in [1.165, 1.54) is 58.0 Å². The molecule has 20 heavy (non-hydrogen) atoms. The van der Waals surface area contributed by atoms with Gasteiger partial charge in [0, 0.05) is 18.1 Å². The molecule has 2 heteroatoms. The Morgan fingerprint density at radius 1 is 1.05 bits per heavy atom. The molecule has 1 rings (SSSR count). The number of hydrogen-bond acceptors (Lipinski definition) is 2. The smallest absolute Gasteiger partial charge is 0.0254 e. The summed E-state index contributed by atoms with van der Waals surface area (Å²) in [6.45, 7) is 14.1. The molecule has 0 aliphatic heterocycles. The van der Waals surface area contributed by atoms with Crippen molar-refractivity contribution in [3.8, 4) is 0 Å². The van der Waals surface area contributed by atoms with Crippen molar-refractivity contribution >= 4 is 0 Å². The predicted octanol–water partition coefficient (Wildman–Crippen LogP) is 4.44. The summed E-state index contributed by atoms with van der Waals surface area (Å²) in [5.41, 5.74) is 0. The Morgan fingerprint density at radius 3 is 2.35 bits per heavy atom. The van der Waals surface area contributed by atoms with Crippen LogP contribution >= 0.6 is 0 Å². The zero-order chi connectivity index (χ0) is 15.0. The fourth-order valence-corrected chi connectivity index (χ4v) is 3.90. The molecule has 120 valence electrons. The molecule has 0 aromatic carbocycles. The molecule has 0 heterocycles. The van der Waals surface area contributed by atoms with Crippen LogP contribution in [-0.2, 0) is 0 Å². The van der Waals surface area contributed by atoms with Crippen LogP contribution in [0.15, 0.2) is 0 Å². The van der Waals surface area contributed by atoms with E-state index in [1.54, 1.807) is 0 Å². The first kappa shape index (κ1) is 18.0. The second kappa shape index (κ2) is 9.78. The highest BCUT2D eigenvalue weighted by atomic mass is 15.2. The molecule has 1 fully saturated rings. The summed E-state index contributed by atoms with van der Waals surface area (Å²) in [7, 11) is 0. The van der Waals surface area contributed by atoms with Crippen molar-refractivity contribution in [3.05, 3.63) is 0 Å². The van der Waals surface area contributed by atoms with E-state index in [2.05, 4.69) is 44.8 Å². The lowest BCUT2D eigenvalue weighted by Crippen LogP contribution is -2.55. The summed E-state index contributed by atoms with van der Waals surface area (Å²) in [4.78, 5) is 2.77. The van der Waals surface area contributed by atoms with E-state index in [9.17, 15) is 0 Å². The van der Waals surface area contributed by atoms with Gasteiger partial charge in [-0.1, -0.05) is 33.6 Å². The zero-order valence-corrected chi connectivity index (χ0v) is 14.6. The highest BCUT2D eigenvalue weighted by molar-refractivity contribution is 4.92. The average molecular weight is 283 g/mol. The Morgan fingerprint density at radius 2 is 1.80 bits per heavy atom. The first-order valence-electron chi connectivity index (χ1n) is 9.13. The van der Waals surface area contributed by atoms with Gasteiger partial charge in [-0.25, -0.2) is 0 Å². The van der Waals surface area contributed by atoms with E-state index in [4.69, 9.17) is 0 Å². The van der Waals surface area contributed by atoms with Crippen LogP contribution in [0.4, 0.5) is 0 Å². The van der Waals surface area contributed by atoms with Gasteiger partial charge in [-0.05, 0) is 65.0 Å². The number of hydrogen-bond donors (Lipinski definition) is 1. The minimum absolute atomic E-state index is 0.672. The molecular weight excluding hydrogens is 244 g/mol. The van der Waals surface area contributed by atoms with Crippen LogP contribution in [0.1, 0.15) is 79.6 Å². The second-order valence-corrected chi connectivity index (χ2v) is 6.93. The molecule has 3 atom stereocenters. The van der Waals surface area contributed by atoms with Crippen molar-refractivity contribution < 1.29 is 0 Å². The number of rotatable bonds is 9. The minimum Gasteiger partial charge on any atom is -0.312 e. The Hall–Kier alpha value is -0.0800. The predicted molar refractivity (Wildman–Crippen MR) is 90.3 cm³/mol. The monoisotopic (exact) mass is 282 g/mol. The third-order valence-corrected chi connectivity index (χ3v) is 4.85. The summed E-state index contributed by atoms with van der Waals surface area (Å²) in [6.07, 6.45) is 9.51. The third kappa shape index (κ3) is 5.37. The van der Waals surface area contributed by atoms with Crippen LogP contribution in [0.5, 0.6) is 0 Å². The molecule has 0 spiro atoms. The molecule has 0 aromatic heterocycles. The van der Waals surface area contributed by atoms with Gasteiger partial charge in [0.05, 0.1) is 0 Å². The van der Waals surface area contributed by atoms with Crippen LogP contribution in [0.2, 0.25) is 0 Å². The number of nitrogens with zero attached hydrogens (tertiary/aromatic N) is 1. The van der Waals surface area contributed by atoms with Gasteiger partial charge in [-0.15, -0.1) is 0 Å². The topological polar surface area (TPSA) is 15.3 Å². The van der Waals surface area contributed by atoms with E-state index in [0.717, 1.165) is 18.0 Å². The molecule has 3 unspecified atom stereocenters. The molecule has 0 aromatic rings. The SMILES string of the molecule is CCCNC1CCC(CCC)CC1N(CCC)C(C)C. The molecule has 0 bridgehead atoms. The highest BCUT2D eigenvalue weighted by Gasteiger charge is 2.34. The maximum Gasteiger partial charge on any atom is 0.0254 e. The highest BCUT2D eigenvalue weighted by Crippen LogP contribution is 2.32. The van der Waals surface area contributed by atoms with Gasteiger partial charge in [-0.2, -0.15) is 0 Å². The van der Waals surface area contributed by atoms with Gasteiger partial charge in [0.1, 0.15) is 0 Å². The largest absolute Gasteiger partial charge is 0.312 e. The summed E-state index contributed by atoms with van der Waals surface area (Å²) < 4.78 is 0. The fourth-order valence-electron chi connectivity index (χ4n) is 3.90. The van der Waals surface area contributed by atoms with Crippen molar-refractivity contribution in [2.24, 2.45) is 5.92 Å². The van der Waals surface area contributed by atoms with Gasteiger partial charge in [-0.3, -0.25) is 4.90 Å². The average Bonchev–Trinajstić information content (AvgIpc) is 2.43. The first-order chi connectivity index (χ1) is 9.63.